The van der Waals surface area contributed by atoms with Crippen LogP contribution in [0.25, 0.3) is 0 Å². The molecular weight excluding hydrogens is 290 g/mol. The molecule has 1 saturated carbocycles. The van der Waals surface area contributed by atoms with Crippen molar-refractivity contribution < 1.29 is 9.53 Å². The molecule has 23 heavy (non-hydrogen) atoms. The van der Waals surface area contributed by atoms with Crippen LogP contribution in [0.15, 0.2) is 30.3 Å². The van der Waals surface area contributed by atoms with Gasteiger partial charge in [0.2, 0.25) is 5.91 Å². The number of ether oxygens (including phenoxy) is 1. The first-order valence-electron chi connectivity index (χ1n) is 8.32. The number of carbonyl (C=O) groups is 1. The number of nitriles is 1. The van der Waals surface area contributed by atoms with Crippen molar-refractivity contribution in [2.24, 2.45) is 0 Å². The number of rotatable bonds is 6. The highest BCUT2D eigenvalue weighted by Crippen LogP contribution is 2.30. The molecule has 0 radical (unpaired) electrons. The molecule has 0 N–H and O–H groups in total. The maximum atomic E-state index is 12.2. The van der Waals surface area contributed by atoms with Gasteiger partial charge in [-0.1, -0.05) is 30.3 Å². The number of benzene rings is 1. The third kappa shape index (κ3) is 4.31. The molecule has 122 valence electrons. The molecule has 0 spiro atoms. The van der Waals surface area contributed by atoms with Crippen LogP contribution in [0.1, 0.15) is 18.4 Å². The van der Waals surface area contributed by atoms with Gasteiger partial charge < -0.3 is 9.64 Å². The topological polar surface area (TPSA) is 56.6 Å². The minimum atomic E-state index is -0.162. The van der Waals surface area contributed by atoms with Gasteiger partial charge in [-0.3, -0.25) is 9.69 Å². The van der Waals surface area contributed by atoms with E-state index in [2.05, 4.69) is 23.1 Å². The van der Waals surface area contributed by atoms with E-state index in [0.29, 0.717) is 25.7 Å². The second-order valence-electron chi connectivity index (χ2n) is 6.24. The van der Waals surface area contributed by atoms with Crippen molar-refractivity contribution >= 4 is 5.91 Å². The standard InChI is InChI=1S/C18H23N3O2/c19-12-17-13-20(9-10-21(17)16-6-7-16)18(22)14-23-11-8-15-4-2-1-3-5-15/h1-5,16-17H,6-11,13-14H2. The SMILES string of the molecule is N#CC1CN(C(=O)COCCc2ccccc2)CCN1C1CC1. The number of hydrogen-bond donors (Lipinski definition) is 0. The van der Waals surface area contributed by atoms with Crippen molar-refractivity contribution in [1.29, 1.82) is 5.26 Å². The number of piperazine rings is 1. The van der Waals surface area contributed by atoms with Gasteiger partial charge in [-0.05, 0) is 24.8 Å². The Morgan fingerprint density at radius 1 is 1.26 bits per heavy atom. The Morgan fingerprint density at radius 3 is 2.74 bits per heavy atom. The Morgan fingerprint density at radius 2 is 2.04 bits per heavy atom. The average Bonchev–Trinajstić information content (AvgIpc) is 3.44. The van der Waals surface area contributed by atoms with Crippen LogP contribution in [0, 0.1) is 11.3 Å². The molecular formula is C18H23N3O2. The minimum Gasteiger partial charge on any atom is -0.371 e. The van der Waals surface area contributed by atoms with Crippen LogP contribution in [0.3, 0.4) is 0 Å². The highest BCUT2D eigenvalue weighted by atomic mass is 16.5. The van der Waals surface area contributed by atoms with E-state index in [1.807, 2.05) is 18.2 Å². The van der Waals surface area contributed by atoms with Gasteiger partial charge in [-0.2, -0.15) is 5.26 Å². The normalized spacial score (nSPS) is 21.9. The molecule has 1 unspecified atom stereocenters. The summed E-state index contributed by atoms with van der Waals surface area (Å²) in [6.07, 6.45) is 3.19. The first-order chi connectivity index (χ1) is 11.3. The number of hydrogen-bond acceptors (Lipinski definition) is 4. The zero-order valence-corrected chi connectivity index (χ0v) is 13.4. The molecule has 0 aromatic heterocycles. The first-order valence-corrected chi connectivity index (χ1v) is 8.32. The van der Waals surface area contributed by atoms with Crippen molar-refractivity contribution in [1.82, 2.24) is 9.80 Å². The summed E-state index contributed by atoms with van der Waals surface area (Å²) in [4.78, 5) is 16.3. The third-order valence-corrected chi connectivity index (χ3v) is 4.54. The van der Waals surface area contributed by atoms with Crippen molar-refractivity contribution in [2.45, 2.75) is 31.3 Å². The third-order valence-electron chi connectivity index (χ3n) is 4.54. The predicted octanol–water partition coefficient (Wildman–Crippen LogP) is 1.44. The summed E-state index contributed by atoms with van der Waals surface area (Å²) >= 11 is 0. The lowest BCUT2D eigenvalue weighted by Crippen LogP contribution is -2.55. The van der Waals surface area contributed by atoms with E-state index in [1.54, 1.807) is 4.90 Å². The second kappa shape index (κ2) is 7.58. The molecule has 2 aliphatic rings. The fourth-order valence-corrected chi connectivity index (χ4v) is 3.07. The summed E-state index contributed by atoms with van der Waals surface area (Å²) in [5, 5.41) is 9.32. The molecule has 0 bridgehead atoms. The Bertz CT molecular complexity index is 565. The van der Waals surface area contributed by atoms with E-state index < -0.39 is 0 Å². The quantitative estimate of drug-likeness (QED) is 0.746. The van der Waals surface area contributed by atoms with Gasteiger partial charge in [0.25, 0.3) is 0 Å². The van der Waals surface area contributed by atoms with Gasteiger partial charge in [0.05, 0.1) is 12.7 Å². The van der Waals surface area contributed by atoms with Crippen LogP contribution in [0.4, 0.5) is 0 Å². The zero-order chi connectivity index (χ0) is 16.1. The lowest BCUT2D eigenvalue weighted by atomic mass is 10.1. The highest BCUT2D eigenvalue weighted by molar-refractivity contribution is 5.77. The maximum Gasteiger partial charge on any atom is 0.248 e. The van der Waals surface area contributed by atoms with Crippen LogP contribution in [-0.2, 0) is 16.0 Å². The predicted molar refractivity (Wildman–Crippen MR) is 86.7 cm³/mol. The van der Waals surface area contributed by atoms with Crippen molar-refractivity contribution in [3.63, 3.8) is 0 Å². The number of nitrogens with zero attached hydrogens (tertiary/aromatic N) is 3. The minimum absolute atomic E-state index is 0.00578. The molecule has 1 heterocycles. The molecule has 5 heteroatoms. The Labute approximate surface area is 137 Å². The highest BCUT2D eigenvalue weighted by Gasteiger charge is 2.38. The van der Waals surface area contributed by atoms with Gasteiger partial charge >= 0.3 is 0 Å². The van der Waals surface area contributed by atoms with E-state index in [9.17, 15) is 10.1 Å². The van der Waals surface area contributed by atoms with Crippen LogP contribution >= 0.6 is 0 Å². The second-order valence-corrected chi connectivity index (χ2v) is 6.24. The Kier molecular flexibility index (Phi) is 5.27. The van der Waals surface area contributed by atoms with Crippen molar-refractivity contribution in [2.75, 3.05) is 32.8 Å². The summed E-state index contributed by atoms with van der Waals surface area (Å²) in [5.41, 5.74) is 1.21. The fraction of sp³-hybridized carbons (Fsp3) is 0.556. The lowest BCUT2D eigenvalue weighted by molar-refractivity contribution is -0.138. The van der Waals surface area contributed by atoms with Gasteiger partial charge in [0, 0.05) is 25.7 Å². The summed E-state index contributed by atoms with van der Waals surface area (Å²) < 4.78 is 5.52. The smallest absolute Gasteiger partial charge is 0.248 e. The molecule has 1 aliphatic heterocycles. The molecule has 3 rings (SSSR count). The van der Waals surface area contributed by atoms with E-state index in [4.69, 9.17) is 4.74 Å². The molecule has 1 aromatic rings. The van der Waals surface area contributed by atoms with Gasteiger partial charge in [-0.25, -0.2) is 0 Å². The maximum absolute atomic E-state index is 12.2. The monoisotopic (exact) mass is 313 g/mol. The van der Waals surface area contributed by atoms with E-state index in [1.165, 1.54) is 18.4 Å². The number of carbonyl (C=O) groups excluding carboxylic acids is 1. The average molecular weight is 313 g/mol. The molecule has 5 nitrogen and oxygen atoms in total. The van der Waals surface area contributed by atoms with E-state index >= 15 is 0 Å². The van der Waals surface area contributed by atoms with E-state index in [-0.39, 0.29) is 18.6 Å². The largest absolute Gasteiger partial charge is 0.371 e. The van der Waals surface area contributed by atoms with Crippen LogP contribution < -0.4 is 0 Å². The van der Waals surface area contributed by atoms with Crippen LogP contribution in [0.5, 0.6) is 0 Å². The molecule has 1 atom stereocenters. The van der Waals surface area contributed by atoms with Gasteiger partial charge in [0.1, 0.15) is 12.6 Å². The Balaban J connectivity index is 1.39. The zero-order valence-electron chi connectivity index (χ0n) is 13.4. The number of amides is 1. The fourth-order valence-electron chi connectivity index (χ4n) is 3.07. The molecule has 1 saturated heterocycles. The first kappa shape index (κ1) is 16.0. The van der Waals surface area contributed by atoms with Crippen molar-refractivity contribution in [3.8, 4) is 6.07 Å². The summed E-state index contributed by atoms with van der Waals surface area (Å²) in [6, 6.07) is 12.8. The Hall–Kier alpha value is -1.90. The van der Waals surface area contributed by atoms with Gasteiger partial charge in [-0.15, -0.1) is 0 Å². The lowest BCUT2D eigenvalue weighted by Gasteiger charge is -2.38. The summed E-state index contributed by atoms with van der Waals surface area (Å²) in [6.45, 7) is 2.66. The molecule has 1 amide bonds. The summed E-state index contributed by atoms with van der Waals surface area (Å²) in [7, 11) is 0. The molecule has 1 aromatic carbocycles. The van der Waals surface area contributed by atoms with Crippen LogP contribution in [-0.4, -0.2) is 60.6 Å². The van der Waals surface area contributed by atoms with E-state index in [0.717, 1.165) is 13.0 Å². The molecule has 2 fully saturated rings. The van der Waals surface area contributed by atoms with Crippen molar-refractivity contribution in [3.05, 3.63) is 35.9 Å². The summed E-state index contributed by atoms with van der Waals surface area (Å²) in [5.74, 6) is -0.00578. The molecule has 1 aliphatic carbocycles. The van der Waals surface area contributed by atoms with Gasteiger partial charge in [0.15, 0.2) is 0 Å². The van der Waals surface area contributed by atoms with Crippen LogP contribution in [0.2, 0.25) is 0 Å².